The lowest BCUT2D eigenvalue weighted by Gasteiger charge is -2.31. The molecule has 1 aliphatic rings. The summed E-state index contributed by atoms with van der Waals surface area (Å²) in [5.41, 5.74) is 3.66. The van der Waals surface area contributed by atoms with Crippen molar-refractivity contribution in [2.45, 2.75) is 19.8 Å². The van der Waals surface area contributed by atoms with Crippen LogP contribution in [0.15, 0.2) is 60.4 Å². The molecule has 0 radical (unpaired) electrons. The van der Waals surface area contributed by atoms with E-state index in [2.05, 4.69) is 21.8 Å². The lowest BCUT2D eigenvalue weighted by atomic mass is 9.93. The molecule has 31 heavy (non-hydrogen) atoms. The second-order valence-electron chi connectivity index (χ2n) is 7.49. The Balaban J connectivity index is 1.52. The minimum atomic E-state index is -0.840. The van der Waals surface area contributed by atoms with Gasteiger partial charge in [0.05, 0.1) is 5.56 Å². The fraction of sp³-hybridized carbons (Fsp3) is 0.208. The molecule has 0 atom stereocenters. The van der Waals surface area contributed by atoms with Gasteiger partial charge in [0.15, 0.2) is 16.8 Å². The molecule has 0 bridgehead atoms. The van der Waals surface area contributed by atoms with Gasteiger partial charge in [0.1, 0.15) is 11.6 Å². The topological polar surface area (TPSA) is 46.1 Å². The number of hydrogen-bond donors (Lipinski definition) is 0. The third kappa shape index (κ3) is 4.49. The lowest BCUT2D eigenvalue weighted by molar-refractivity contribution is 0.0985. The van der Waals surface area contributed by atoms with E-state index in [0.717, 1.165) is 36.2 Å². The summed E-state index contributed by atoms with van der Waals surface area (Å²) in [6.45, 7) is 3.54. The molecule has 4 rings (SSSR count). The summed E-state index contributed by atoms with van der Waals surface area (Å²) in [5, 5.41) is 0.371. The first-order valence-corrected chi connectivity index (χ1v) is 10.3. The number of carbonyl (C=O) groups excluding carboxylic acids is 1. The van der Waals surface area contributed by atoms with Crippen molar-refractivity contribution in [3.8, 4) is 0 Å². The Morgan fingerprint density at radius 3 is 2.42 bits per heavy atom. The monoisotopic (exact) mass is 439 g/mol. The number of rotatable bonds is 5. The van der Waals surface area contributed by atoms with Crippen LogP contribution in [-0.4, -0.2) is 28.8 Å². The van der Waals surface area contributed by atoms with Crippen LogP contribution in [0, 0.1) is 11.6 Å². The second kappa shape index (κ2) is 8.94. The van der Waals surface area contributed by atoms with E-state index >= 15 is 0 Å². The van der Waals surface area contributed by atoms with Gasteiger partial charge >= 0.3 is 0 Å². The Morgan fingerprint density at radius 2 is 1.74 bits per heavy atom. The van der Waals surface area contributed by atoms with Crippen molar-refractivity contribution >= 4 is 28.8 Å². The van der Waals surface area contributed by atoms with Gasteiger partial charge in [-0.2, -0.15) is 0 Å². The molecule has 0 saturated carbocycles. The first kappa shape index (κ1) is 21.1. The van der Waals surface area contributed by atoms with Crippen LogP contribution >= 0.6 is 11.6 Å². The van der Waals surface area contributed by atoms with E-state index in [1.807, 2.05) is 24.3 Å². The number of carbonyl (C=O) groups is 1. The maximum absolute atomic E-state index is 13.9. The van der Waals surface area contributed by atoms with Gasteiger partial charge in [-0.1, -0.05) is 47.5 Å². The molecule has 0 spiro atoms. The zero-order valence-electron chi connectivity index (χ0n) is 16.9. The second-order valence-corrected chi connectivity index (χ2v) is 7.85. The fourth-order valence-electron chi connectivity index (χ4n) is 3.76. The van der Waals surface area contributed by atoms with Crippen molar-refractivity contribution in [3.63, 3.8) is 0 Å². The summed E-state index contributed by atoms with van der Waals surface area (Å²) in [5.74, 6) is -1.61. The highest BCUT2D eigenvalue weighted by Crippen LogP contribution is 2.31. The third-order valence-electron chi connectivity index (χ3n) is 5.46. The van der Waals surface area contributed by atoms with Crippen molar-refractivity contribution in [2.24, 2.45) is 0 Å². The lowest BCUT2D eigenvalue weighted by Crippen LogP contribution is -2.31. The summed E-state index contributed by atoms with van der Waals surface area (Å²) in [7, 11) is 0. The maximum Gasteiger partial charge on any atom is 0.173 e. The zero-order valence-corrected chi connectivity index (χ0v) is 17.7. The van der Waals surface area contributed by atoms with Gasteiger partial charge in [0, 0.05) is 31.9 Å². The number of Topliss-reactive ketones (excluding diaryl/α,β-unsaturated/α-hetero) is 1. The molecule has 3 aromatic rings. The molecule has 2 aromatic carbocycles. The predicted octanol–water partition coefficient (Wildman–Crippen LogP) is 5.52. The Hall–Kier alpha value is -3.12. The Labute approximate surface area is 184 Å². The van der Waals surface area contributed by atoms with Gasteiger partial charge in [0.25, 0.3) is 0 Å². The number of hydrogen-bond acceptors (Lipinski definition) is 4. The van der Waals surface area contributed by atoms with Crippen LogP contribution in [0.2, 0.25) is 5.15 Å². The summed E-state index contributed by atoms with van der Waals surface area (Å²) >= 11 is 6.21. The van der Waals surface area contributed by atoms with Gasteiger partial charge < -0.3 is 4.90 Å². The quantitative estimate of drug-likeness (QED) is 0.491. The minimum Gasteiger partial charge on any atom is -0.349 e. The van der Waals surface area contributed by atoms with E-state index in [9.17, 15) is 13.6 Å². The van der Waals surface area contributed by atoms with Crippen LogP contribution in [0.25, 0.3) is 5.57 Å². The zero-order chi connectivity index (χ0) is 22.0. The van der Waals surface area contributed by atoms with E-state index in [4.69, 9.17) is 11.6 Å². The van der Waals surface area contributed by atoms with E-state index in [-0.39, 0.29) is 6.42 Å². The van der Waals surface area contributed by atoms with E-state index < -0.39 is 23.0 Å². The highest BCUT2D eigenvalue weighted by atomic mass is 35.5. The van der Waals surface area contributed by atoms with Crippen molar-refractivity contribution in [1.82, 2.24) is 9.97 Å². The molecular weight excluding hydrogens is 420 g/mol. The molecule has 158 valence electrons. The number of halogens is 3. The molecule has 0 N–H and O–H groups in total. The summed E-state index contributed by atoms with van der Waals surface area (Å²) in [6.07, 6.45) is 3.98. The Kier molecular flexibility index (Phi) is 6.09. The molecular formula is C24H20ClF2N3O. The smallest absolute Gasteiger partial charge is 0.173 e. The molecule has 2 heterocycles. The van der Waals surface area contributed by atoms with Crippen LogP contribution in [0.4, 0.5) is 14.6 Å². The SMILES string of the molecule is CC1=C(c2ccc(CC(=O)c3c(F)cccc3F)cc2)CN(c2nccnc2Cl)CC1. The first-order chi connectivity index (χ1) is 14.9. The average Bonchev–Trinajstić information content (AvgIpc) is 2.75. The fourth-order valence-corrected chi connectivity index (χ4v) is 3.99. The van der Waals surface area contributed by atoms with Gasteiger partial charge in [-0.25, -0.2) is 18.7 Å². The number of aromatic nitrogens is 2. The Bertz CT molecular complexity index is 1140. The molecule has 0 fully saturated rings. The number of ketones is 1. The van der Waals surface area contributed by atoms with Crippen molar-refractivity contribution in [1.29, 1.82) is 0 Å². The van der Waals surface area contributed by atoms with Crippen LogP contribution in [-0.2, 0) is 6.42 Å². The van der Waals surface area contributed by atoms with Crippen LogP contribution in [0.1, 0.15) is 34.8 Å². The van der Waals surface area contributed by atoms with Crippen LogP contribution < -0.4 is 4.90 Å². The molecule has 1 aliphatic heterocycles. The minimum absolute atomic E-state index is 0.0719. The first-order valence-electron chi connectivity index (χ1n) is 9.90. The van der Waals surface area contributed by atoms with Crippen molar-refractivity contribution < 1.29 is 13.6 Å². The molecule has 7 heteroatoms. The third-order valence-corrected chi connectivity index (χ3v) is 5.73. The van der Waals surface area contributed by atoms with Gasteiger partial charge in [0.2, 0.25) is 0 Å². The van der Waals surface area contributed by atoms with E-state index in [0.29, 0.717) is 23.1 Å². The largest absolute Gasteiger partial charge is 0.349 e. The number of anilines is 1. The maximum atomic E-state index is 13.9. The normalized spacial score (nSPS) is 14.1. The van der Waals surface area contributed by atoms with E-state index in [1.54, 1.807) is 12.4 Å². The van der Waals surface area contributed by atoms with Crippen LogP contribution in [0.5, 0.6) is 0 Å². The van der Waals surface area contributed by atoms with Gasteiger partial charge in [-0.05, 0) is 42.2 Å². The Morgan fingerprint density at radius 1 is 1.06 bits per heavy atom. The molecule has 0 amide bonds. The van der Waals surface area contributed by atoms with Crippen molar-refractivity contribution in [2.75, 3.05) is 18.0 Å². The van der Waals surface area contributed by atoms with Gasteiger partial charge in [-0.3, -0.25) is 4.79 Å². The number of benzene rings is 2. The summed E-state index contributed by atoms with van der Waals surface area (Å²) in [6, 6.07) is 10.9. The predicted molar refractivity (Wildman–Crippen MR) is 117 cm³/mol. The standard InChI is InChI=1S/C24H20ClF2N3O/c1-15-9-12-30(24-23(25)28-10-11-29-24)14-18(15)17-7-5-16(6-8-17)13-21(31)22-19(26)3-2-4-20(22)27/h2-8,10-11H,9,12-14H2,1H3. The molecule has 4 nitrogen and oxygen atoms in total. The summed E-state index contributed by atoms with van der Waals surface area (Å²) < 4.78 is 27.7. The van der Waals surface area contributed by atoms with E-state index in [1.165, 1.54) is 11.6 Å². The van der Waals surface area contributed by atoms with Crippen LogP contribution in [0.3, 0.4) is 0 Å². The highest BCUT2D eigenvalue weighted by molar-refractivity contribution is 6.31. The molecule has 0 unspecified atom stereocenters. The summed E-state index contributed by atoms with van der Waals surface area (Å²) in [4.78, 5) is 23.0. The van der Waals surface area contributed by atoms with Gasteiger partial charge in [-0.15, -0.1) is 0 Å². The molecule has 0 saturated heterocycles. The number of nitrogens with zero attached hydrogens (tertiary/aromatic N) is 3. The average molecular weight is 440 g/mol. The molecule has 0 aliphatic carbocycles. The molecule has 1 aromatic heterocycles. The highest BCUT2D eigenvalue weighted by Gasteiger charge is 2.22. The van der Waals surface area contributed by atoms with Crippen molar-refractivity contribution in [3.05, 3.63) is 93.9 Å².